The highest BCUT2D eigenvalue weighted by Gasteiger charge is 2.30. The summed E-state index contributed by atoms with van der Waals surface area (Å²) in [5.41, 5.74) is 14.3. The number of hydrogen-bond acceptors (Lipinski definition) is 2. The van der Waals surface area contributed by atoms with Crippen LogP contribution in [0, 0.1) is 5.92 Å². The lowest BCUT2D eigenvalue weighted by Gasteiger charge is -2.35. The third kappa shape index (κ3) is 5.63. The third-order valence-electron chi connectivity index (χ3n) is 13.0. The zero-order valence-electron chi connectivity index (χ0n) is 33.1. The van der Waals surface area contributed by atoms with Crippen molar-refractivity contribution >= 4 is 72.1 Å². The van der Waals surface area contributed by atoms with Crippen molar-refractivity contribution in [3.05, 3.63) is 235 Å². The van der Waals surface area contributed by atoms with Gasteiger partial charge in [0.1, 0.15) is 11.2 Å². The first-order valence-corrected chi connectivity index (χ1v) is 21.1. The lowest BCUT2D eigenvalue weighted by Crippen LogP contribution is -2.30. The Labute approximate surface area is 350 Å². The van der Waals surface area contributed by atoms with Crippen LogP contribution in [-0.4, -0.2) is 6.04 Å². The van der Waals surface area contributed by atoms with Crippen LogP contribution in [0.25, 0.3) is 71.8 Å². The molecule has 0 N–H and O–H groups in total. The van der Waals surface area contributed by atoms with Gasteiger partial charge in [-0.15, -0.1) is 0 Å². The minimum atomic E-state index is 0.0800. The predicted octanol–water partition coefficient (Wildman–Crippen LogP) is 15.5. The normalized spacial score (nSPS) is 18.1. The number of hydrogen-bond donors (Lipinski definition) is 0. The fourth-order valence-corrected chi connectivity index (χ4v) is 10.1. The summed E-state index contributed by atoms with van der Waals surface area (Å²) in [4.78, 5) is 2.54. The lowest BCUT2D eigenvalue weighted by molar-refractivity contribution is 0.673. The minimum absolute atomic E-state index is 0.0800. The largest absolute Gasteiger partial charge is 0.455 e. The van der Waals surface area contributed by atoms with Crippen LogP contribution in [0.4, 0.5) is 11.4 Å². The average Bonchev–Trinajstić information content (AvgIpc) is 3.72. The molecule has 0 aliphatic heterocycles. The summed E-state index contributed by atoms with van der Waals surface area (Å²) >= 11 is 0. The molecule has 0 radical (unpaired) electrons. The van der Waals surface area contributed by atoms with E-state index in [9.17, 15) is 0 Å². The molecule has 0 amide bonds. The summed E-state index contributed by atoms with van der Waals surface area (Å²) in [6.45, 7) is 0. The van der Waals surface area contributed by atoms with E-state index in [-0.39, 0.29) is 12.0 Å². The molecule has 12 rings (SSSR count). The summed E-state index contributed by atoms with van der Waals surface area (Å²) < 4.78 is 6.93. The molecule has 0 bridgehead atoms. The molecule has 8 aromatic carbocycles. The number of para-hydroxylation sites is 2. The van der Waals surface area contributed by atoms with Gasteiger partial charge in [-0.3, -0.25) is 0 Å². The van der Waals surface area contributed by atoms with E-state index < -0.39 is 0 Å². The molecular weight excluding hydrogens is 727 g/mol. The van der Waals surface area contributed by atoms with Gasteiger partial charge in [0.05, 0.1) is 6.04 Å². The molecule has 2 nitrogen and oxygen atoms in total. The maximum Gasteiger partial charge on any atom is 0.143 e. The number of furan rings is 1. The minimum Gasteiger partial charge on any atom is -0.455 e. The van der Waals surface area contributed by atoms with E-state index in [0.717, 1.165) is 56.2 Å². The first-order valence-electron chi connectivity index (χ1n) is 21.1. The third-order valence-corrected chi connectivity index (χ3v) is 13.0. The smallest absolute Gasteiger partial charge is 0.143 e. The van der Waals surface area contributed by atoms with Crippen LogP contribution in [0.2, 0.25) is 0 Å². The summed E-state index contributed by atoms with van der Waals surface area (Å²) in [5.74, 6) is 0.555. The quantitative estimate of drug-likeness (QED) is 0.168. The van der Waals surface area contributed by atoms with Crippen LogP contribution < -0.4 is 4.90 Å². The summed E-state index contributed by atoms with van der Waals surface area (Å²) in [7, 11) is 0. The van der Waals surface area contributed by atoms with Crippen LogP contribution in [0.1, 0.15) is 34.6 Å². The van der Waals surface area contributed by atoms with Crippen molar-refractivity contribution < 1.29 is 4.42 Å². The van der Waals surface area contributed by atoms with Gasteiger partial charge in [0.15, 0.2) is 0 Å². The van der Waals surface area contributed by atoms with Crippen LogP contribution >= 0.6 is 0 Å². The van der Waals surface area contributed by atoms with E-state index in [4.69, 9.17) is 4.42 Å². The lowest BCUT2D eigenvalue weighted by atomic mass is 9.72. The Morgan fingerprint density at radius 1 is 0.467 bits per heavy atom. The van der Waals surface area contributed by atoms with Crippen molar-refractivity contribution in [2.24, 2.45) is 5.92 Å². The van der Waals surface area contributed by atoms with Gasteiger partial charge in [0.25, 0.3) is 0 Å². The Hall–Kier alpha value is -7.42. The summed E-state index contributed by atoms with van der Waals surface area (Å²) in [6, 6.07) is 61.9. The first-order chi connectivity index (χ1) is 29.8. The van der Waals surface area contributed by atoms with Crippen molar-refractivity contribution in [3.63, 3.8) is 0 Å². The van der Waals surface area contributed by atoms with Crippen molar-refractivity contribution in [1.29, 1.82) is 0 Å². The van der Waals surface area contributed by atoms with Gasteiger partial charge in [-0.05, 0) is 80.2 Å². The van der Waals surface area contributed by atoms with E-state index in [0.29, 0.717) is 5.92 Å². The van der Waals surface area contributed by atoms with Crippen molar-refractivity contribution in [2.45, 2.75) is 18.4 Å². The highest BCUT2D eigenvalue weighted by molar-refractivity contribution is 6.17. The molecule has 3 atom stereocenters. The van der Waals surface area contributed by atoms with Crippen molar-refractivity contribution in [3.8, 4) is 11.1 Å². The topological polar surface area (TPSA) is 16.4 Å². The number of anilines is 2. The molecule has 0 saturated heterocycles. The Kier molecular flexibility index (Phi) is 8.16. The highest BCUT2D eigenvalue weighted by atomic mass is 16.3. The number of benzene rings is 8. The van der Waals surface area contributed by atoms with Gasteiger partial charge in [0, 0.05) is 50.5 Å². The van der Waals surface area contributed by atoms with E-state index in [1.165, 1.54) is 49.6 Å². The summed E-state index contributed by atoms with van der Waals surface area (Å²) in [6.07, 6.45) is 19.6. The standard InChI is InChI=1S/C58H41NO/c1-4-16-45-38(12-1)15-9-20-46(45)41-26-32-43(33-27-41)59(44-34-28-42(29-35-44)48-21-10-22-50-47-17-5-2-13-39(47)30-36-51(48)50)56-25-8-7-19-52(56)53-23-11-24-54-55-37-31-40-14-3-6-18-49(40)57(55)60-58(53)54/h1-32,34-37,43,48,51H,33H2. The van der Waals surface area contributed by atoms with E-state index in [1.807, 2.05) is 0 Å². The molecule has 1 aromatic heterocycles. The summed E-state index contributed by atoms with van der Waals surface area (Å²) in [5, 5.41) is 7.14. The molecule has 3 unspecified atom stereocenters. The molecule has 0 saturated carbocycles. The second-order valence-corrected chi connectivity index (χ2v) is 16.3. The van der Waals surface area contributed by atoms with Gasteiger partial charge < -0.3 is 9.32 Å². The molecule has 0 fully saturated rings. The molecule has 284 valence electrons. The average molecular weight is 768 g/mol. The Morgan fingerprint density at radius 3 is 2.02 bits per heavy atom. The molecular formula is C58H41NO. The molecule has 60 heavy (non-hydrogen) atoms. The fraction of sp³-hybridized carbons (Fsp3) is 0.0690. The van der Waals surface area contributed by atoms with Gasteiger partial charge in [-0.2, -0.15) is 0 Å². The Bertz CT molecular complexity index is 3310. The van der Waals surface area contributed by atoms with E-state index in [2.05, 4.69) is 223 Å². The van der Waals surface area contributed by atoms with E-state index >= 15 is 0 Å². The second-order valence-electron chi connectivity index (χ2n) is 16.3. The Balaban J connectivity index is 0.970. The number of nitrogens with zero attached hydrogens (tertiary/aromatic N) is 1. The maximum absolute atomic E-state index is 6.93. The maximum atomic E-state index is 6.93. The number of allylic oxidation sites excluding steroid dienone is 7. The predicted molar refractivity (Wildman–Crippen MR) is 254 cm³/mol. The van der Waals surface area contributed by atoms with Crippen LogP contribution in [-0.2, 0) is 0 Å². The van der Waals surface area contributed by atoms with Crippen LogP contribution in [0.5, 0.6) is 0 Å². The van der Waals surface area contributed by atoms with Crippen molar-refractivity contribution in [1.82, 2.24) is 0 Å². The first kappa shape index (κ1) is 34.6. The van der Waals surface area contributed by atoms with Crippen molar-refractivity contribution in [2.75, 3.05) is 4.90 Å². The molecule has 9 aromatic rings. The monoisotopic (exact) mass is 767 g/mol. The molecule has 2 heteroatoms. The zero-order chi connectivity index (χ0) is 39.6. The molecule has 0 spiro atoms. The molecule has 3 aliphatic rings. The van der Waals surface area contributed by atoms with Gasteiger partial charge in [0.2, 0.25) is 0 Å². The van der Waals surface area contributed by atoms with Gasteiger partial charge in [-0.25, -0.2) is 0 Å². The highest BCUT2D eigenvalue weighted by Crippen LogP contribution is 2.47. The zero-order valence-corrected chi connectivity index (χ0v) is 33.1. The van der Waals surface area contributed by atoms with Gasteiger partial charge in [-0.1, -0.05) is 194 Å². The SMILES string of the molecule is C1=CC(c2ccc(N(c3ccccc3-c3cccc4c3oc3c5ccccc5ccc43)C3C=CC(c4cccc5ccccc45)=CC3)cc2)C2C=Cc3ccccc3C2=C1. The van der Waals surface area contributed by atoms with Crippen LogP contribution in [0.3, 0.4) is 0 Å². The number of fused-ring (bicyclic) bond motifs is 9. The number of rotatable bonds is 6. The van der Waals surface area contributed by atoms with Crippen LogP contribution in [0.15, 0.2) is 217 Å². The molecule has 1 heterocycles. The van der Waals surface area contributed by atoms with E-state index in [1.54, 1.807) is 0 Å². The molecule has 3 aliphatic carbocycles. The fourth-order valence-electron chi connectivity index (χ4n) is 10.1. The second kappa shape index (κ2) is 14.1. The Morgan fingerprint density at radius 2 is 1.15 bits per heavy atom. The van der Waals surface area contributed by atoms with Gasteiger partial charge >= 0.3 is 0 Å².